The largest absolute Gasteiger partial charge is 0.252 e. The van der Waals surface area contributed by atoms with E-state index < -0.39 is 0 Å². The zero-order valence-electron chi connectivity index (χ0n) is 13.4. The second kappa shape index (κ2) is 6.14. The summed E-state index contributed by atoms with van der Waals surface area (Å²) in [6.45, 7) is 2.02. The number of hydrogen-bond donors (Lipinski definition) is 0. The summed E-state index contributed by atoms with van der Waals surface area (Å²) in [5, 5.41) is 1.10. The number of aromatic nitrogens is 1. The first kappa shape index (κ1) is 15.5. The average Bonchev–Trinajstić information content (AvgIpc) is 3.45. The summed E-state index contributed by atoms with van der Waals surface area (Å²) in [6, 6.07) is 15.0. The molecule has 1 aliphatic carbocycles. The lowest BCUT2D eigenvalue weighted by atomic mass is 9.92. The van der Waals surface area contributed by atoms with Gasteiger partial charge in [-0.2, -0.15) is 0 Å². The molecule has 0 unspecified atom stereocenters. The van der Waals surface area contributed by atoms with E-state index in [0.29, 0.717) is 5.92 Å². The van der Waals surface area contributed by atoms with Crippen LogP contribution < -0.4 is 0 Å². The fraction of sp³-hybridized carbons (Fsp3) is 0.190. The van der Waals surface area contributed by atoms with E-state index in [1.54, 1.807) is 0 Å². The number of halogens is 2. The number of para-hydroxylation sites is 1. The molecule has 0 N–H and O–H groups in total. The highest BCUT2D eigenvalue weighted by molar-refractivity contribution is 9.15. The molecule has 2 aromatic carbocycles. The molecule has 1 aliphatic rings. The average molecular weight is 382 g/mol. The minimum absolute atomic E-state index is 0.217. The second-order valence-electron chi connectivity index (χ2n) is 6.18. The summed E-state index contributed by atoms with van der Waals surface area (Å²) in [7, 11) is 0. The highest BCUT2D eigenvalue weighted by Gasteiger charge is 2.30. The number of rotatable bonds is 3. The number of pyridine rings is 1. The van der Waals surface area contributed by atoms with Crippen molar-refractivity contribution in [1.29, 1.82) is 0 Å². The van der Waals surface area contributed by atoms with Gasteiger partial charge in [0.15, 0.2) is 0 Å². The molecule has 0 radical (unpaired) electrons. The van der Waals surface area contributed by atoms with Gasteiger partial charge in [-0.25, -0.2) is 4.39 Å². The van der Waals surface area contributed by atoms with Crippen molar-refractivity contribution in [3.63, 3.8) is 0 Å². The minimum atomic E-state index is -0.217. The first-order chi connectivity index (χ1) is 11.7. The lowest BCUT2D eigenvalue weighted by Gasteiger charge is -2.17. The summed E-state index contributed by atoms with van der Waals surface area (Å²) >= 11 is 3.73. The van der Waals surface area contributed by atoms with E-state index in [9.17, 15) is 4.39 Å². The van der Waals surface area contributed by atoms with Crippen molar-refractivity contribution >= 4 is 31.3 Å². The summed E-state index contributed by atoms with van der Waals surface area (Å²) in [4.78, 5) is 4.97. The first-order valence-electron chi connectivity index (χ1n) is 8.20. The molecule has 3 heteroatoms. The Balaban J connectivity index is 2.12. The van der Waals surface area contributed by atoms with E-state index >= 15 is 0 Å². The van der Waals surface area contributed by atoms with Gasteiger partial charge in [-0.3, -0.25) is 4.98 Å². The lowest BCUT2D eigenvalue weighted by Crippen LogP contribution is -1.99. The highest BCUT2D eigenvalue weighted by atomic mass is 79.9. The molecule has 0 aliphatic heterocycles. The van der Waals surface area contributed by atoms with Crippen molar-refractivity contribution in [1.82, 2.24) is 4.98 Å². The maximum absolute atomic E-state index is 13.4. The monoisotopic (exact) mass is 381 g/mol. The third-order valence-electron chi connectivity index (χ3n) is 4.51. The van der Waals surface area contributed by atoms with Crippen LogP contribution in [0.3, 0.4) is 0 Å². The van der Waals surface area contributed by atoms with Crippen LogP contribution in [0.1, 0.15) is 36.9 Å². The smallest absolute Gasteiger partial charge is 0.123 e. The zero-order chi connectivity index (χ0) is 16.7. The van der Waals surface area contributed by atoms with Crippen molar-refractivity contribution in [2.24, 2.45) is 0 Å². The Morgan fingerprint density at radius 3 is 2.50 bits per heavy atom. The molecule has 1 fully saturated rings. The second-order valence-corrected chi connectivity index (χ2v) is 7.04. The van der Waals surface area contributed by atoms with Gasteiger partial charge >= 0.3 is 0 Å². The van der Waals surface area contributed by atoms with Crippen LogP contribution in [-0.4, -0.2) is 4.98 Å². The number of benzene rings is 2. The van der Waals surface area contributed by atoms with Crippen molar-refractivity contribution in [3.05, 3.63) is 71.7 Å². The van der Waals surface area contributed by atoms with Crippen LogP contribution in [0.15, 0.2) is 54.6 Å². The maximum Gasteiger partial charge on any atom is 0.123 e. The van der Waals surface area contributed by atoms with E-state index in [-0.39, 0.29) is 5.82 Å². The Labute approximate surface area is 149 Å². The van der Waals surface area contributed by atoms with Crippen LogP contribution in [-0.2, 0) is 0 Å². The van der Waals surface area contributed by atoms with E-state index in [2.05, 4.69) is 34.1 Å². The number of nitrogens with zero attached hydrogens (tertiary/aromatic N) is 1. The highest BCUT2D eigenvalue weighted by Crippen LogP contribution is 2.48. The molecule has 120 valence electrons. The quantitative estimate of drug-likeness (QED) is 0.493. The predicted octanol–water partition coefficient (Wildman–Crippen LogP) is 6.67. The van der Waals surface area contributed by atoms with Crippen molar-refractivity contribution in [3.8, 4) is 11.1 Å². The van der Waals surface area contributed by atoms with Gasteiger partial charge in [0.2, 0.25) is 0 Å². The predicted molar refractivity (Wildman–Crippen MR) is 102 cm³/mol. The van der Waals surface area contributed by atoms with E-state index in [1.165, 1.54) is 25.0 Å². The third kappa shape index (κ3) is 2.67. The number of fused-ring (bicyclic) bond motifs is 1. The van der Waals surface area contributed by atoms with Crippen molar-refractivity contribution in [2.75, 3.05) is 0 Å². The molecule has 1 saturated carbocycles. The van der Waals surface area contributed by atoms with Gasteiger partial charge in [-0.05, 0) is 43.5 Å². The first-order valence-corrected chi connectivity index (χ1v) is 8.99. The molecule has 1 nitrogen and oxygen atoms in total. The van der Waals surface area contributed by atoms with Gasteiger partial charge in [0, 0.05) is 26.9 Å². The molecule has 0 bridgehead atoms. The van der Waals surface area contributed by atoms with Crippen molar-refractivity contribution in [2.45, 2.75) is 25.7 Å². The molecule has 0 spiro atoms. The molecular weight excluding hydrogens is 365 g/mol. The zero-order valence-corrected chi connectivity index (χ0v) is 15.0. The topological polar surface area (TPSA) is 12.9 Å². The van der Waals surface area contributed by atoms with Gasteiger partial charge in [0.05, 0.1) is 11.2 Å². The Bertz CT molecular complexity index is 940. The van der Waals surface area contributed by atoms with Crippen LogP contribution in [0.4, 0.5) is 4.39 Å². The summed E-state index contributed by atoms with van der Waals surface area (Å²) in [5.74, 6) is 0.308. The van der Waals surface area contributed by atoms with E-state index in [1.807, 2.05) is 31.2 Å². The van der Waals surface area contributed by atoms with Gasteiger partial charge in [0.1, 0.15) is 5.82 Å². The van der Waals surface area contributed by atoms with Crippen molar-refractivity contribution < 1.29 is 4.39 Å². The molecule has 3 aromatic rings. The van der Waals surface area contributed by atoms with Gasteiger partial charge < -0.3 is 0 Å². The van der Waals surface area contributed by atoms with E-state index in [4.69, 9.17) is 4.98 Å². The summed E-state index contributed by atoms with van der Waals surface area (Å²) in [5.41, 5.74) is 5.44. The SMILES string of the molecule is CC=C(Br)c1c(C2CC2)nc2ccccc2c1-c1ccc(F)cc1. The molecule has 24 heavy (non-hydrogen) atoms. The Hall–Kier alpha value is -2.00. The molecule has 1 heterocycles. The Kier molecular flexibility index (Phi) is 3.97. The van der Waals surface area contributed by atoms with E-state index in [0.717, 1.165) is 37.8 Å². The van der Waals surface area contributed by atoms with Gasteiger partial charge in [-0.1, -0.05) is 52.3 Å². The van der Waals surface area contributed by atoms with Gasteiger partial charge in [0.25, 0.3) is 0 Å². The van der Waals surface area contributed by atoms with Crippen LogP contribution in [0, 0.1) is 5.82 Å². The fourth-order valence-electron chi connectivity index (χ4n) is 3.19. The third-order valence-corrected chi connectivity index (χ3v) is 5.36. The molecule has 0 saturated heterocycles. The lowest BCUT2D eigenvalue weighted by molar-refractivity contribution is 0.628. The standard InChI is InChI=1S/C21H17BrFN/c1-2-17(22)20-19(13-9-11-15(23)12-10-13)16-5-3-4-6-18(16)24-21(20)14-7-8-14/h2-6,9-12,14H,7-8H2,1H3. The van der Waals surface area contributed by atoms with Crippen LogP contribution in [0.25, 0.3) is 26.5 Å². The molecule has 4 rings (SSSR count). The number of hydrogen-bond acceptors (Lipinski definition) is 1. The van der Waals surface area contributed by atoms with Crippen LogP contribution in [0.2, 0.25) is 0 Å². The number of allylic oxidation sites excluding steroid dienone is 1. The van der Waals surface area contributed by atoms with Crippen LogP contribution in [0.5, 0.6) is 0 Å². The summed E-state index contributed by atoms with van der Waals surface area (Å²) in [6.07, 6.45) is 4.43. The Morgan fingerprint density at radius 1 is 1.12 bits per heavy atom. The maximum atomic E-state index is 13.4. The molecular formula is C21H17BrFN. The minimum Gasteiger partial charge on any atom is -0.252 e. The molecule has 0 amide bonds. The van der Waals surface area contributed by atoms with Gasteiger partial charge in [-0.15, -0.1) is 0 Å². The Morgan fingerprint density at radius 2 is 1.83 bits per heavy atom. The van der Waals surface area contributed by atoms with Crippen LogP contribution >= 0.6 is 15.9 Å². The fourth-order valence-corrected chi connectivity index (χ4v) is 3.59. The molecule has 1 aromatic heterocycles. The summed E-state index contributed by atoms with van der Waals surface area (Å²) < 4.78 is 14.5. The normalized spacial score (nSPS) is 15.0. The molecule has 0 atom stereocenters.